The van der Waals surface area contributed by atoms with Crippen LogP contribution in [-0.4, -0.2) is 92.7 Å². The second kappa shape index (κ2) is 6.68. The van der Waals surface area contributed by atoms with Crippen LogP contribution in [0.2, 0.25) is 0 Å². The molecule has 0 saturated carbocycles. The zero-order chi connectivity index (χ0) is 8.20. The van der Waals surface area contributed by atoms with Crippen LogP contribution in [-0.2, 0) is 4.79 Å². The molecule has 0 unspecified atom stereocenters. The molecule has 3 N–H and O–H groups in total. The van der Waals surface area contributed by atoms with E-state index in [4.69, 9.17) is 15.3 Å². The molecule has 0 saturated heterocycles. The van der Waals surface area contributed by atoms with E-state index in [1.807, 2.05) is 0 Å². The number of carboxylic acids is 1. The Labute approximate surface area is 114 Å². The van der Waals surface area contributed by atoms with Crippen LogP contribution in [0.4, 0.5) is 0 Å². The third-order valence-corrected chi connectivity index (χ3v) is 1.74. The molecule has 0 fully saturated rings. The van der Waals surface area contributed by atoms with Gasteiger partial charge in [0.1, 0.15) is 5.41 Å². The molecule has 4 nitrogen and oxygen atoms in total. The summed E-state index contributed by atoms with van der Waals surface area (Å²) in [6, 6.07) is 0. The van der Waals surface area contributed by atoms with Crippen molar-refractivity contribution in [1.82, 2.24) is 0 Å². The average Bonchev–Trinajstić information content (AvgIpc) is 1.92. The maximum atomic E-state index is 10.4. The summed E-state index contributed by atoms with van der Waals surface area (Å²) in [4.78, 5) is 10.4. The van der Waals surface area contributed by atoms with Gasteiger partial charge >= 0.3 is 64.2 Å². The van der Waals surface area contributed by atoms with Gasteiger partial charge in [0.2, 0.25) is 0 Å². The van der Waals surface area contributed by atoms with Gasteiger partial charge in [0.25, 0.3) is 0 Å². The maximum absolute atomic E-state index is 10.4. The van der Waals surface area contributed by atoms with Gasteiger partial charge in [-0.05, 0) is 6.42 Å². The van der Waals surface area contributed by atoms with Gasteiger partial charge < -0.3 is 15.3 Å². The predicted molar refractivity (Wildman–Crippen MR) is 41.7 cm³/mol. The minimum atomic E-state index is -1.35. The molecule has 0 aliphatic heterocycles. The summed E-state index contributed by atoms with van der Waals surface area (Å²) < 4.78 is 0. The average molecular weight is 235 g/mol. The van der Waals surface area contributed by atoms with Crippen molar-refractivity contribution in [2.24, 2.45) is 5.41 Å². The standard InChI is InChI=1S/C6H12O4.Rb.H/c1-2-6(3-7,4-8)5(9)10;;/h7-8H,2-4H2,1H3,(H,9,10);;. The van der Waals surface area contributed by atoms with E-state index in [2.05, 4.69) is 0 Å². The molecule has 0 aromatic rings. The number of rotatable bonds is 4. The Balaban J connectivity index is 0. The quantitative estimate of drug-likeness (QED) is 0.571. The van der Waals surface area contributed by atoms with Gasteiger partial charge in [-0.1, -0.05) is 6.92 Å². The first-order chi connectivity index (χ1) is 4.63. The van der Waals surface area contributed by atoms with Gasteiger partial charge in [-0.15, -0.1) is 0 Å². The van der Waals surface area contributed by atoms with Gasteiger partial charge in [-0.2, -0.15) is 0 Å². The number of hydrogen-bond donors (Lipinski definition) is 3. The van der Waals surface area contributed by atoms with Gasteiger partial charge in [0, 0.05) is 0 Å². The van der Waals surface area contributed by atoms with Crippen LogP contribution in [0, 0.1) is 5.41 Å². The molecule has 0 radical (unpaired) electrons. The van der Waals surface area contributed by atoms with Gasteiger partial charge in [0.15, 0.2) is 0 Å². The monoisotopic (exact) mass is 234 g/mol. The third-order valence-electron chi connectivity index (χ3n) is 1.74. The summed E-state index contributed by atoms with van der Waals surface area (Å²) in [5.74, 6) is -1.15. The summed E-state index contributed by atoms with van der Waals surface area (Å²) in [5.41, 5.74) is -1.35. The molecule has 0 aliphatic rings. The Morgan fingerprint density at radius 1 is 1.36 bits per heavy atom. The second-order valence-electron chi connectivity index (χ2n) is 2.26. The summed E-state index contributed by atoms with van der Waals surface area (Å²) >= 11 is 0. The Morgan fingerprint density at radius 3 is 1.73 bits per heavy atom. The second-order valence-corrected chi connectivity index (χ2v) is 2.26. The van der Waals surface area contributed by atoms with Crippen LogP contribution < -0.4 is 0 Å². The molecular formula is C6H13O4Rb. The predicted octanol–water partition coefficient (Wildman–Crippen LogP) is -1.20. The van der Waals surface area contributed by atoms with Crippen LogP contribution in [0.15, 0.2) is 0 Å². The van der Waals surface area contributed by atoms with E-state index in [-0.39, 0.29) is 64.6 Å². The molecule has 0 heterocycles. The first-order valence-corrected chi connectivity index (χ1v) is 3.08. The molecule has 0 aliphatic carbocycles. The van der Waals surface area contributed by atoms with Crippen LogP contribution in [0.25, 0.3) is 0 Å². The number of hydrogen-bond acceptors (Lipinski definition) is 3. The molecule has 5 heteroatoms. The Hall–Kier alpha value is 1.20. The van der Waals surface area contributed by atoms with E-state index in [0.717, 1.165) is 0 Å². The molecule has 0 aromatic carbocycles. The molecule has 0 amide bonds. The van der Waals surface area contributed by atoms with Crippen molar-refractivity contribution in [2.75, 3.05) is 13.2 Å². The normalized spacial score (nSPS) is 10.5. The van der Waals surface area contributed by atoms with Gasteiger partial charge in [-0.3, -0.25) is 4.79 Å². The SMILES string of the molecule is CCC(CO)(CO)C(=O)O.[RbH]. The van der Waals surface area contributed by atoms with Crippen LogP contribution in [0.1, 0.15) is 13.3 Å². The number of aliphatic hydroxyl groups is 2. The van der Waals surface area contributed by atoms with E-state index in [1.54, 1.807) is 6.92 Å². The fraction of sp³-hybridized carbons (Fsp3) is 0.833. The molecule has 11 heavy (non-hydrogen) atoms. The van der Waals surface area contributed by atoms with Crippen LogP contribution >= 0.6 is 0 Å². The van der Waals surface area contributed by atoms with Crippen molar-refractivity contribution in [3.8, 4) is 0 Å². The molecule has 62 valence electrons. The fourth-order valence-electron chi connectivity index (χ4n) is 0.560. The Morgan fingerprint density at radius 2 is 1.73 bits per heavy atom. The van der Waals surface area contributed by atoms with Crippen LogP contribution in [0.5, 0.6) is 0 Å². The summed E-state index contributed by atoms with van der Waals surface area (Å²) in [6.45, 7) is 0.575. The molecule has 0 aromatic heterocycles. The molecule has 0 spiro atoms. The van der Waals surface area contributed by atoms with E-state index < -0.39 is 24.6 Å². The summed E-state index contributed by atoms with van der Waals surface area (Å²) in [5, 5.41) is 25.7. The van der Waals surface area contributed by atoms with Gasteiger partial charge in [0.05, 0.1) is 13.2 Å². The molecule has 0 rings (SSSR count). The first kappa shape index (κ1) is 14.7. The van der Waals surface area contributed by atoms with Gasteiger partial charge in [-0.25, -0.2) is 0 Å². The topological polar surface area (TPSA) is 77.8 Å². The summed E-state index contributed by atoms with van der Waals surface area (Å²) in [7, 11) is 0. The zero-order valence-electron chi connectivity index (χ0n) is 5.87. The number of aliphatic hydroxyl groups excluding tert-OH is 2. The van der Waals surface area contributed by atoms with Crippen molar-refractivity contribution in [3.63, 3.8) is 0 Å². The van der Waals surface area contributed by atoms with Crippen molar-refractivity contribution < 1.29 is 20.1 Å². The molecule has 0 bridgehead atoms. The van der Waals surface area contributed by atoms with E-state index in [0.29, 0.717) is 0 Å². The molecule has 0 atom stereocenters. The van der Waals surface area contributed by atoms with E-state index >= 15 is 0 Å². The van der Waals surface area contributed by atoms with Crippen molar-refractivity contribution >= 4 is 64.2 Å². The van der Waals surface area contributed by atoms with E-state index in [9.17, 15) is 4.79 Å². The third kappa shape index (κ3) is 3.61. The first-order valence-electron chi connectivity index (χ1n) is 3.08. The van der Waals surface area contributed by atoms with Crippen molar-refractivity contribution in [2.45, 2.75) is 13.3 Å². The Bertz CT molecular complexity index is 113. The van der Waals surface area contributed by atoms with Crippen molar-refractivity contribution in [3.05, 3.63) is 0 Å². The van der Waals surface area contributed by atoms with Crippen LogP contribution in [0.3, 0.4) is 0 Å². The fourth-order valence-corrected chi connectivity index (χ4v) is 0.560. The zero-order valence-corrected chi connectivity index (χ0v) is 5.87. The molecular weight excluding hydrogens is 222 g/mol. The number of aliphatic carboxylic acids is 1. The van der Waals surface area contributed by atoms with Crippen molar-refractivity contribution in [1.29, 1.82) is 0 Å². The number of carboxylic acid groups (broad SMARTS) is 1. The summed E-state index contributed by atoms with van der Waals surface area (Å²) in [6.07, 6.45) is 0.231. The number of carbonyl (C=O) groups is 1. The Kier molecular flexibility index (Phi) is 8.93. The minimum absolute atomic E-state index is 0. The van der Waals surface area contributed by atoms with E-state index in [1.165, 1.54) is 0 Å².